The van der Waals surface area contributed by atoms with Gasteiger partial charge in [0.15, 0.2) is 0 Å². The molecule has 0 aliphatic heterocycles. The second kappa shape index (κ2) is 5.18. The van der Waals surface area contributed by atoms with Crippen LogP contribution in [0.2, 0.25) is 0 Å². The zero-order valence-electron chi connectivity index (χ0n) is 8.70. The molecule has 0 aromatic carbocycles. The maximum Gasteiger partial charge on any atom is 0.0698 e. The van der Waals surface area contributed by atoms with Crippen LogP contribution >= 0.6 is 0 Å². The summed E-state index contributed by atoms with van der Waals surface area (Å²) < 4.78 is 0. The molecule has 0 atom stereocenters. The fourth-order valence-electron chi connectivity index (χ4n) is 1.14. The Morgan fingerprint density at radius 3 is 2.71 bits per heavy atom. The van der Waals surface area contributed by atoms with Crippen LogP contribution in [0.25, 0.3) is 5.57 Å². The van der Waals surface area contributed by atoms with Crippen molar-refractivity contribution in [2.45, 2.75) is 13.8 Å². The first-order valence-corrected chi connectivity index (χ1v) is 4.66. The molecule has 0 spiro atoms. The van der Waals surface area contributed by atoms with Gasteiger partial charge in [-0.1, -0.05) is 36.9 Å². The summed E-state index contributed by atoms with van der Waals surface area (Å²) >= 11 is 0. The normalized spacial score (nSPS) is 12.0. The Labute approximate surface area is 85.5 Å². The third-order valence-corrected chi connectivity index (χ3v) is 1.93. The monoisotopic (exact) mass is 185 g/mol. The van der Waals surface area contributed by atoms with Gasteiger partial charge in [0, 0.05) is 6.20 Å². The Balaban J connectivity index is 2.96. The van der Waals surface area contributed by atoms with Gasteiger partial charge in [-0.05, 0) is 31.1 Å². The summed E-state index contributed by atoms with van der Waals surface area (Å²) in [5.74, 6) is 0. The van der Waals surface area contributed by atoms with Crippen molar-refractivity contribution in [2.24, 2.45) is 0 Å². The fourth-order valence-corrected chi connectivity index (χ4v) is 1.14. The summed E-state index contributed by atoms with van der Waals surface area (Å²) in [4.78, 5) is 4.35. The number of rotatable bonds is 3. The minimum absolute atomic E-state index is 0.996. The molecule has 72 valence electrons. The summed E-state index contributed by atoms with van der Waals surface area (Å²) in [6.07, 6.45) is 9.59. The van der Waals surface area contributed by atoms with E-state index in [2.05, 4.69) is 17.6 Å². The summed E-state index contributed by atoms with van der Waals surface area (Å²) in [5.41, 5.74) is 3.29. The van der Waals surface area contributed by atoms with Crippen molar-refractivity contribution in [1.29, 1.82) is 0 Å². The lowest BCUT2D eigenvalue weighted by molar-refractivity contribution is 1.23. The van der Waals surface area contributed by atoms with E-state index in [1.54, 1.807) is 6.08 Å². The van der Waals surface area contributed by atoms with Crippen LogP contribution in [0, 0.1) is 6.92 Å². The van der Waals surface area contributed by atoms with Crippen LogP contribution in [0.4, 0.5) is 0 Å². The van der Waals surface area contributed by atoms with Gasteiger partial charge in [0.1, 0.15) is 0 Å². The molecule has 1 rings (SSSR count). The van der Waals surface area contributed by atoms with Gasteiger partial charge < -0.3 is 0 Å². The number of nitrogens with zero attached hydrogens (tertiary/aromatic N) is 1. The highest BCUT2D eigenvalue weighted by Gasteiger charge is 1.96. The molecule has 0 amide bonds. The van der Waals surface area contributed by atoms with Gasteiger partial charge >= 0.3 is 0 Å². The third kappa shape index (κ3) is 2.70. The van der Waals surface area contributed by atoms with E-state index in [0.717, 1.165) is 11.3 Å². The molecule has 1 nitrogen and oxygen atoms in total. The molecule has 0 fully saturated rings. The van der Waals surface area contributed by atoms with E-state index in [0.29, 0.717) is 0 Å². The van der Waals surface area contributed by atoms with Crippen LogP contribution < -0.4 is 0 Å². The molecule has 0 radical (unpaired) electrons. The van der Waals surface area contributed by atoms with E-state index >= 15 is 0 Å². The average molecular weight is 185 g/mol. The molecule has 0 aliphatic rings. The maximum absolute atomic E-state index is 4.35. The highest BCUT2D eigenvalue weighted by molar-refractivity contribution is 5.71. The SMILES string of the molecule is C=C/C=C\C(=C/C)c1ccc(C)cn1. The first-order chi connectivity index (χ1) is 6.77. The van der Waals surface area contributed by atoms with E-state index < -0.39 is 0 Å². The first-order valence-electron chi connectivity index (χ1n) is 4.66. The third-order valence-electron chi connectivity index (χ3n) is 1.93. The lowest BCUT2D eigenvalue weighted by Gasteiger charge is -2.00. The van der Waals surface area contributed by atoms with Crippen molar-refractivity contribution in [1.82, 2.24) is 4.98 Å². The molecule has 0 N–H and O–H groups in total. The van der Waals surface area contributed by atoms with Crippen molar-refractivity contribution >= 4 is 5.57 Å². The molecule has 0 aliphatic carbocycles. The maximum atomic E-state index is 4.35. The van der Waals surface area contributed by atoms with Crippen LogP contribution in [0.1, 0.15) is 18.2 Å². The van der Waals surface area contributed by atoms with Crippen molar-refractivity contribution < 1.29 is 0 Å². The fraction of sp³-hybridized carbons (Fsp3) is 0.154. The van der Waals surface area contributed by atoms with E-state index in [1.165, 1.54) is 5.56 Å². The smallest absolute Gasteiger partial charge is 0.0698 e. The Bertz CT molecular complexity index is 355. The van der Waals surface area contributed by atoms with Crippen molar-refractivity contribution in [3.63, 3.8) is 0 Å². The zero-order valence-corrected chi connectivity index (χ0v) is 8.70. The van der Waals surface area contributed by atoms with Crippen molar-refractivity contribution in [2.75, 3.05) is 0 Å². The van der Waals surface area contributed by atoms with Gasteiger partial charge in [0.05, 0.1) is 5.69 Å². The lowest BCUT2D eigenvalue weighted by atomic mass is 10.1. The van der Waals surface area contributed by atoms with Crippen LogP contribution in [0.5, 0.6) is 0 Å². The van der Waals surface area contributed by atoms with Crippen LogP contribution in [-0.4, -0.2) is 4.98 Å². The van der Waals surface area contributed by atoms with E-state index in [-0.39, 0.29) is 0 Å². The lowest BCUT2D eigenvalue weighted by Crippen LogP contribution is -1.86. The first kappa shape index (κ1) is 10.5. The highest BCUT2D eigenvalue weighted by Crippen LogP contribution is 2.13. The molecule has 0 saturated carbocycles. The van der Waals surface area contributed by atoms with E-state index in [1.807, 2.05) is 44.3 Å². The van der Waals surface area contributed by atoms with Gasteiger partial charge in [-0.3, -0.25) is 4.98 Å². The number of allylic oxidation sites excluding steroid dienone is 5. The number of aryl methyl sites for hydroxylation is 1. The summed E-state index contributed by atoms with van der Waals surface area (Å²) in [7, 11) is 0. The summed E-state index contributed by atoms with van der Waals surface area (Å²) in [6, 6.07) is 4.09. The molecular weight excluding hydrogens is 170 g/mol. The minimum Gasteiger partial charge on any atom is -0.256 e. The van der Waals surface area contributed by atoms with Gasteiger partial charge in [-0.25, -0.2) is 0 Å². The topological polar surface area (TPSA) is 12.9 Å². The van der Waals surface area contributed by atoms with Crippen LogP contribution in [-0.2, 0) is 0 Å². The molecule has 1 aromatic rings. The molecule has 14 heavy (non-hydrogen) atoms. The van der Waals surface area contributed by atoms with Gasteiger partial charge in [0.25, 0.3) is 0 Å². The zero-order chi connectivity index (χ0) is 10.4. The molecule has 0 bridgehead atoms. The molecule has 1 heterocycles. The number of aromatic nitrogens is 1. The quantitative estimate of drug-likeness (QED) is 0.656. The van der Waals surface area contributed by atoms with Gasteiger partial charge in [-0.2, -0.15) is 0 Å². The molecule has 0 saturated heterocycles. The molecule has 1 heteroatoms. The predicted molar refractivity (Wildman–Crippen MR) is 62.0 cm³/mol. The number of pyridine rings is 1. The van der Waals surface area contributed by atoms with Gasteiger partial charge in [-0.15, -0.1) is 0 Å². The second-order valence-corrected chi connectivity index (χ2v) is 3.06. The summed E-state index contributed by atoms with van der Waals surface area (Å²) in [6.45, 7) is 7.68. The molecule has 1 aromatic heterocycles. The molecular formula is C13H15N. The van der Waals surface area contributed by atoms with Crippen LogP contribution in [0.15, 0.2) is 49.2 Å². The minimum atomic E-state index is 0.996. The van der Waals surface area contributed by atoms with Crippen LogP contribution in [0.3, 0.4) is 0 Å². The van der Waals surface area contributed by atoms with E-state index in [4.69, 9.17) is 0 Å². The largest absolute Gasteiger partial charge is 0.256 e. The average Bonchev–Trinajstić information content (AvgIpc) is 2.21. The van der Waals surface area contributed by atoms with E-state index in [9.17, 15) is 0 Å². The summed E-state index contributed by atoms with van der Waals surface area (Å²) in [5, 5.41) is 0. The van der Waals surface area contributed by atoms with Crippen molar-refractivity contribution in [3.05, 3.63) is 60.5 Å². The Kier molecular flexibility index (Phi) is 3.86. The Morgan fingerprint density at radius 1 is 1.43 bits per heavy atom. The Morgan fingerprint density at radius 2 is 2.21 bits per heavy atom. The number of hydrogen-bond donors (Lipinski definition) is 0. The highest BCUT2D eigenvalue weighted by atomic mass is 14.7. The van der Waals surface area contributed by atoms with Gasteiger partial charge in [0.2, 0.25) is 0 Å². The Hall–Kier alpha value is -1.63. The number of hydrogen-bond acceptors (Lipinski definition) is 1. The predicted octanol–water partition coefficient (Wildman–Crippen LogP) is 3.54. The van der Waals surface area contributed by atoms with Crippen molar-refractivity contribution in [3.8, 4) is 0 Å². The molecule has 0 unspecified atom stereocenters. The standard InChI is InChI=1S/C13H15N/c1-4-6-7-12(5-2)13-9-8-11(3)10-14-13/h4-10H,1H2,2-3H3/b7-6-,12-5+. The second-order valence-electron chi connectivity index (χ2n) is 3.06.